The molecule has 1 saturated carbocycles. The fourth-order valence-corrected chi connectivity index (χ4v) is 3.71. The smallest absolute Gasteiger partial charge is 0.362 e. The van der Waals surface area contributed by atoms with Gasteiger partial charge >= 0.3 is 6.18 Å². The number of amides is 1. The minimum Gasteiger partial charge on any atom is -0.362 e. The number of nitrogens with zero attached hydrogens (tertiary/aromatic N) is 2. The number of hydrazone groups is 1. The molecule has 0 saturated heterocycles. The maximum atomic E-state index is 13.8. The molecule has 0 spiro atoms. The van der Waals surface area contributed by atoms with Crippen molar-refractivity contribution >= 4 is 23.2 Å². The molecular formula is C17H18ClF3N2O2. The van der Waals surface area contributed by atoms with Crippen LogP contribution in [0.25, 0.3) is 0 Å². The molecule has 4 nitrogen and oxygen atoms in total. The molecule has 1 heterocycles. The first-order valence-electron chi connectivity index (χ1n) is 8.15. The number of rotatable bonds is 2. The number of benzene rings is 1. The summed E-state index contributed by atoms with van der Waals surface area (Å²) in [5.74, 6) is -2.14. The standard InChI is InChI=1S/C17H18ClF3N2O2/c1-2-10-3-8-14-13(9-10)16(25,17(19,20)21)23(22-14)15(24)11-4-6-12(18)7-5-11/h4-7,10,13,25H,2-3,8-9H2,1H3. The summed E-state index contributed by atoms with van der Waals surface area (Å²) in [4.78, 5) is 12.6. The second-order valence-corrected chi connectivity index (χ2v) is 6.98. The monoisotopic (exact) mass is 374 g/mol. The van der Waals surface area contributed by atoms with Crippen LogP contribution in [0, 0.1) is 11.8 Å². The van der Waals surface area contributed by atoms with E-state index in [1.165, 1.54) is 24.3 Å². The Morgan fingerprint density at radius 3 is 2.60 bits per heavy atom. The lowest BCUT2D eigenvalue weighted by Gasteiger charge is -2.39. The zero-order valence-electron chi connectivity index (χ0n) is 13.6. The van der Waals surface area contributed by atoms with E-state index in [0.29, 0.717) is 17.9 Å². The molecule has 2 aliphatic rings. The molecular weight excluding hydrogens is 357 g/mol. The third kappa shape index (κ3) is 2.93. The SMILES string of the molecule is CCC1CCC2=NN(C(=O)c3ccc(Cl)cc3)C(O)(C(F)(F)F)C2C1. The van der Waals surface area contributed by atoms with Gasteiger partial charge in [-0.2, -0.15) is 23.3 Å². The third-order valence-electron chi connectivity index (χ3n) is 5.10. The number of carbonyl (C=O) groups is 1. The van der Waals surface area contributed by atoms with Crippen molar-refractivity contribution in [3.05, 3.63) is 34.9 Å². The molecule has 1 aromatic rings. The highest BCUT2D eigenvalue weighted by molar-refractivity contribution is 6.30. The van der Waals surface area contributed by atoms with Crippen molar-refractivity contribution in [1.82, 2.24) is 5.01 Å². The minimum absolute atomic E-state index is 0.0119. The molecule has 3 rings (SSSR count). The van der Waals surface area contributed by atoms with Gasteiger partial charge in [-0.25, -0.2) is 0 Å². The highest BCUT2D eigenvalue weighted by Crippen LogP contribution is 2.50. The second kappa shape index (κ2) is 6.29. The number of alkyl halides is 3. The number of hydrogen-bond acceptors (Lipinski definition) is 3. The van der Waals surface area contributed by atoms with Gasteiger partial charge in [-0.3, -0.25) is 4.79 Å². The summed E-state index contributed by atoms with van der Waals surface area (Å²) in [7, 11) is 0. The van der Waals surface area contributed by atoms with E-state index in [1.807, 2.05) is 6.92 Å². The molecule has 1 amide bonds. The largest absolute Gasteiger partial charge is 0.439 e. The summed E-state index contributed by atoms with van der Waals surface area (Å²) in [6, 6.07) is 5.45. The maximum Gasteiger partial charge on any atom is 0.439 e. The van der Waals surface area contributed by atoms with Crippen LogP contribution in [0.5, 0.6) is 0 Å². The first-order valence-corrected chi connectivity index (χ1v) is 8.52. The van der Waals surface area contributed by atoms with Gasteiger partial charge in [-0.15, -0.1) is 0 Å². The predicted molar refractivity (Wildman–Crippen MR) is 87.2 cm³/mol. The van der Waals surface area contributed by atoms with Gasteiger partial charge in [0.1, 0.15) is 0 Å². The highest BCUT2D eigenvalue weighted by Gasteiger charge is 2.68. The minimum atomic E-state index is -5.01. The fourth-order valence-electron chi connectivity index (χ4n) is 3.59. The highest BCUT2D eigenvalue weighted by atomic mass is 35.5. The van der Waals surface area contributed by atoms with Gasteiger partial charge in [0.05, 0.1) is 5.92 Å². The molecule has 0 aromatic heterocycles. The van der Waals surface area contributed by atoms with Crippen LogP contribution in [-0.4, -0.2) is 33.6 Å². The predicted octanol–water partition coefficient (Wildman–Crippen LogP) is 4.23. The van der Waals surface area contributed by atoms with Crippen molar-refractivity contribution in [2.45, 2.75) is 44.5 Å². The zero-order chi connectivity index (χ0) is 18.4. The van der Waals surface area contributed by atoms with Crippen LogP contribution in [0.3, 0.4) is 0 Å². The van der Waals surface area contributed by atoms with Crippen LogP contribution in [0.2, 0.25) is 5.02 Å². The van der Waals surface area contributed by atoms with Crippen molar-refractivity contribution in [2.24, 2.45) is 16.9 Å². The lowest BCUT2D eigenvalue weighted by Crippen LogP contribution is -2.61. The molecule has 1 aromatic carbocycles. The van der Waals surface area contributed by atoms with E-state index in [4.69, 9.17) is 11.6 Å². The molecule has 3 atom stereocenters. The summed E-state index contributed by atoms with van der Waals surface area (Å²) < 4.78 is 41.4. The molecule has 25 heavy (non-hydrogen) atoms. The molecule has 1 aliphatic heterocycles. The third-order valence-corrected chi connectivity index (χ3v) is 5.35. The van der Waals surface area contributed by atoms with E-state index >= 15 is 0 Å². The van der Waals surface area contributed by atoms with Crippen LogP contribution in [-0.2, 0) is 0 Å². The Morgan fingerprint density at radius 2 is 2.04 bits per heavy atom. The van der Waals surface area contributed by atoms with Crippen LogP contribution >= 0.6 is 11.6 Å². The van der Waals surface area contributed by atoms with Gasteiger partial charge in [0, 0.05) is 16.3 Å². The number of carbonyl (C=O) groups excluding carboxylic acids is 1. The van der Waals surface area contributed by atoms with Crippen LogP contribution in [0.1, 0.15) is 43.0 Å². The number of fused-ring (bicyclic) bond motifs is 1. The summed E-state index contributed by atoms with van der Waals surface area (Å²) in [6.07, 6.45) is -3.06. The molecule has 8 heteroatoms. The van der Waals surface area contributed by atoms with Crippen molar-refractivity contribution in [3.8, 4) is 0 Å². The molecule has 0 bridgehead atoms. The van der Waals surface area contributed by atoms with Gasteiger partial charge < -0.3 is 5.11 Å². The van der Waals surface area contributed by atoms with Gasteiger partial charge in [-0.1, -0.05) is 24.9 Å². The lowest BCUT2D eigenvalue weighted by molar-refractivity contribution is -0.313. The molecule has 1 fully saturated rings. The quantitative estimate of drug-likeness (QED) is 0.842. The Balaban J connectivity index is 2.01. The average molecular weight is 375 g/mol. The van der Waals surface area contributed by atoms with Crippen molar-refractivity contribution in [2.75, 3.05) is 0 Å². The summed E-state index contributed by atoms with van der Waals surface area (Å²) in [5.41, 5.74) is -3.08. The molecule has 1 aliphatic carbocycles. The second-order valence-electron chi connectivity index (χ2n) is 6.54. The van der Waals surface area contributed by atoms with Crippen molar-refractivity contribution < 1.29 is 23.1 Å². The molecule has 1 N–H and O–H groups in total. The number of halogens is 4. The van der Waals surface area contributed by atoms with E-state index in [2.05, 4.69) is 5.10 Å². The van der Waals surface area contributed by atoms with Gasteiger partial charge in [0.2, 0.25) is 0 Å². The number of aliphatic hydroxyl groups is 1. The summed E-state index contributed by atoms with van der Waals surface area (Å²) in [5, 5.41) is 15.1. The van der Waals surface area contributed by atoms with E-state index in [1.54, 1.807) is 0 Å². The Labute approximate surface area is 148 Å². The normalized spacial score (nSPS) is 29.4. The Hall–Kier alpha value is -1.60. The molecule has 0 radical (unpaired) electrons. The van der Waals surface area contributed by atoms with E-state index < -0.39 is 23.7 Å². The van der Waals surface area contributed by atoms with E-state index in [0.717, 1.165) is 6.42 Å². The van der Waals surface area contributed by atoms with Gasteiger partial charge in [0.25, 0.3) is 11.6 Å². The van der Waals surface area contributed by atoms with E-state index in [-0.39, 0.29) is 28.6 Å². The first kappa shape index (κ1) is 18.2. The van der Waals surface area contributed by atoms with E-state index in [9.17, 15) is 23.1 Å². The van der Waals surface area contributed by atoms with Crippen LogP contribution < -0.4 is 0 Å². The summed E-state index contributed by atoms with van der Waals surface area (Å²) in [6.45, 7) is 1.91. The Kier molecular flexibility index (Phi) is 4.58. The molecule has 136 valence electrons. The zero-order valence-corrected chi connectivity index (χ0v) is 14.3. The molecule has 3 unspecified atom stereocenters. The average Bonchev–Trinajstić information content (AvgIpc) is 2.88. The fraction of sp³-hybridized carbons (Fsp3) is 0.529. The lowest BCUT2D eigenvalue weighted by atomic mass is 9.74. The number of hydrogen-bond donors (Lipinski definition) is 1. The maximum absolute atomic E-state index is 13.8. The Morgan fingerprint density at radius 1 is 1.40 bits per heavy atom. The Bertz CT molecular complexity index is 705. The topological polar surface area (TPSA) is 52.9 Å². The van der Waals surface area contributed by atoms with Crippen molar-refractivity contribution in [1.29, 1.82) is 0 Å². The first-order chi connectivity index (χ1) is 11.7. The van der Waals surface area contributed by atoms with Gasteiger partial charge in [-0.05, 0) is 49.4 Å². The summed E-state index contributed by atoms with van der Waals surface area (Å²) >= 11 is 5.75. The van der Waals surface area contributed by atoms with Gasteiger partial charge in [0.15, 0.2) is 0 Å². The van der Waals surface area contributed by atoms with Crippen LogP contribution in [0.15, 0.2) is 29.4 Å². The van der Waals surface area contributed by atoms with Crippen LogP contribution in [0.4, 0.5) is 13.2 Å². The van der Waals surface area contributed by atoms with Crippen molar-refractivity contribution in [3.63, 3.8) is 0 Å².